The van der Waals surface area contributed by atoms with Crippen molar-refractivity contribution in [1.82, 2.24) is 4.90 Å². The Bertz CT molecular complexity index is 34.5. The number of nitrogens with zero attached hydrogens (tertiary/aromatic N) is 1. The molecule has 1 aliphatic rings. The van der Waals surface area contributed by atoms with E-state index in [0.29, 0.717) is 0 Å². The van der Waals surface area contributed by atoms with E-state index in [0.717, 1.165) is 0 Å². The Hall–Kier alpha value is 0.557. The van der Waals surface area contributed by atoms with Crippen molar-refractivity contribution in [3.8, 4) is 0 Å². The van der Waals surface area contributed by atoms with Gasteiger partial charge in [-0.05, 0) is 19.5 Å². The first kappa shape index (κ1) is 6.56. The zero-order chi connectivity index (χ0) is 3.70. The first-order chi connectivity index (χ1) is 2.39. The molecular formula is C4H8LiN. The van der Waals surface area contributed by atoms with E-state index < -0.39 is 0 Å². The molecule has 0 amide bonds. The van der Waals surface area contributed by atoms with Crippen molar-refractivity contribution >= 4 is 0 Å². The molecule has 0 aromatic carbocycles. The summed E-state index contributed by atoms with van der Waals surface area (Å²) in [7, 11) is 3.68. The van der Waals surface area contributed by atoms with Gasteiger partial charge in [-0.25, -0.2) is 0 Å². The van der Waals surface area contributed by atoms with Crippen molar-refractivity contribution in [2.45, 2.75) is 6.42 Å². The van der Waals surface area contributed by atoms with Crippen LogP contribution in [0.5, 0.6) is 0 Å². The van der Waals surface area contributed by atoms with Gasteiger partial charge in [-0.15, -0.1) is 0 Å². The van der Waals surface area contributed by atoms with Crippen LogP contribution in [-0.4, -0.2) is 18.0 Å². The summed E-state index contributed by atoms with van der Waals surface area (Å²) in [5.41, 5.74) is 0. The molecular weight excluding hydrogens is 69.0 g/mol. The fraction of sp³-hybridized carbons (Fsp3) is 0.750. The quantitative estimate of drug-likeness (QED) is 0.228. The van der Waals surface area contributed by atoms with Gasteiger partial charge in [-0.1, -0.05) is 0 Å². The van der Waals surface area contributed by atoms with Crippen LogP contribution in [0.4, 0.5) is 0 Å². The predicted octanol–water partition coefficient (Wildman–Crippen LogP) is -2.51. The van der Waals surface area contributed by atoms with Crippen molar-refractivity contribution in [2.75, 3.05) is 13.1 Å². The summed E-state index contributed by atoms with van der Waals surface area (Å²) in [4.78, 5) is 2.06. The molecule has 30 valence electrons. The van der Waals surface area contributed by atoms with Gasteiger partial charge in [0.1, 0.15) is 0 Å². The third-order valence-corrected chi connectivity index (χ3v) is 0.949. The molecule has 1 saturated heterocycles. The van der Waals surface area contributed by atoms with Crippen LogP contribution < -0.4 is 18.9 Å². The summed E-state index contributed by atoms with van der Waals surface area (Å²) < 4.78 is 0. The Labute approximate surface area is 50.9 Å². The van der Waals surface area contributed by atoms with Crippen molar-refractivity contribution in [2.24, 2.45) is 0 Å². The summed E-state index contributed by atoms with van der Waals surface area (Å²) in [5.74, 6) is 0. The zero-order valence-corrected chi connectivity index (χ0v) is 4.28. The first-order valence-corrected chi connectivity index (χ1v) is 1.95. The molecule has 1 rings (SSSR count). The second kappa shape index (κ2) is 2.68. The van der Waals surface area contributed by atoms with E-state index in [1.807, 2.05) is 0 Å². The minimum atomic E-state index is 0. The molecule has 0 atom stereocenters. The van der Waals surface area contributed by atoms with Gasteiger partial charge in [0.05, 0.1) is 0 Å². The van der Waals surface area contributed by atoms with Gasteiger partial charge in [-0.2, -0.15) is 0 Å². The van der Waals surface area contributed by atoms with Crippen LogP contribution in [0.3, 0.4) is 0 Å². The number of likely N-dealkylation sites (tertiary alicyclic amines) is 1. The smallest absolute Gasteiger partial charge is 0.459 e. The molecule has 1 nitrogen and oxygen atoms in total. The summed E-state index contributed by atoms with van der Waals surface area (Å²) in [6.45, 7) is 2.42. The number of hydrogen-bond acceptors (Lipinski definition) is 1. The molecule has 0 aromatic rings. The SMILES string of the molecule is [CH2-]N1CCC1.[Li+]. The van der Waals surface area contributed by atoms with Crippen LogP contribution in [0.15, 0.2) is 0 Å². The third-order valence-electron chi connectivity index (χ3n) is 0.949. The van der Waals surface area contributed by atoms with E-state index in [-0.39, 0.29) is 18.9 Å². The van der Waals surface area contributed by atoms with Crippen LogP contribution >= 0.6 is 0 Å². The minimum Gasteiger partial charge on any atom is -0.459 e. The predicted molar refractivity (Wildman–Crippen MR) is 21.5 cm³/mol. The molecule has 0 spiro atoms. The molecule has 1 fully saturated rings. The molecule has 6 heavy (non-hydrogen) atoms. The van der Waals surface area contributed by atoms with Gasteiger partial charge in [0.25, 0.3) is 0 Å². The van der Waals surface area contributed by atoms with Gasteiger partial charge < -0.3 is 4.90 Å². The van der Waals surface area contributed by atoms with Gasteiger partial charge in [-0.3, -0.25) is 7.05 Å². The normalized spacial score (nSPS) is 21.5. The summed E-state index contributed by atoms with van der Waals surface area (Å²) >= 11 is 0. The Balaban J connectivity index is 0.000000250. The summed E-state index contributed by atoms with van der Waals surface area (Å²) in [6.07, 6.45) is 1.35. The molecule has 0 unspecified atom stereocenters. The molecule has 0 aliphatic carbocycles. The summed E-state index contributed by atoms with van der Waals surface area (Å²) in [5, 5.41) is 0. The molecule has 0 bridgehead atoms. The van der Waals surface area contributed by atoms with Crippen LogP contribution in [0, 0.1) is 7.05 Å². The largest absolute Gasteiger partial charge is 1.00 e. The minimum absolute atomic E-state index is 0. The molecule has 0 saturated carbocycles. The monoisotopic (exact) mass is 77.1 g/mol. The fourth-order valence-corrected chi connectivity index (χ4v) is 0.382. The average molecular weight is 77.1 g/mol. The Morgan fingerprint density at radius 1 is 1.33 bits per heavy atom. The van der Waals surface area contributed by atoms with Crippen LogP contribution in [-0.2, 0) is 0 Å². The Morgan fingerprint density at radius 2 is 1.67 bits per heavy atom. The molecule has 2 heteroatoms. The molecule has 0 aromatic heterocycles. The van der Waals surface area contributed by atoms with Crippen molar-refractivity contribution in [3.05, 3.63) is 7.05 Å². The molecule has 1 aliphatic heterocycles. The maximum atomic E-state index is 3.68. The summed E-state index contributed by atoms with van der Waals surface area (Å²) in [6, 6.07) is 0. The third kappa shape index (κ3) is 1.34. The van der Waals surface area contributed by atoms with Crippen LogP contribution in [0.25, 0.3) is 0 Å². The van der Waals surface area contributed by atoms with Gasteiger partial charge in [0.2, 0.25) is 0 Å². The standard InChI is InChI=1S/C4H8N.Li/c1-5-3-2-4-5;/h1-4H2;/q-1;+1. The van der Waals surface area contributed by atoms with Crippen molar-refractivity contribution in [3.63, 3.8) is 0 Å². The van der Waals surface area contributed by atoms with Crippen LogP contribution in [0.1, 0.15) is 6.42 Å². The zero-order valence-electron chi connectivity index (χ0n) is 4.28. The van der Waals surface area contributed by atoms with Gasteiger partial charge in [0, 0.05) is 0 Å². The number of rotatable bonds is 0. The van der Waals surface area contributed by atoms with Gasteiger partial charge in [0.15, 0.2) is 0 Å². The van der Waals surface area contributed by atoms with E-state index in [1.165, 1.54) is 19.5 Å². The van der Waals surface area contributed by atoms with E-state index in [4.69, 9.17) is 0 Å². The second-order valence-electron chi connectivity index (χ2n) is 1.47. The van der Waals surface area contributed by atoms with E-state index in [9.17, 15) is 0 Å². The van der Waals surface area contributed by atoms with Crippen LogP contribution in [0.2, 0.25) is 0 Å². The Kier molecular flexibility index (Phi) is 2.93. The number of hydrogen-bond donors (Lipinski definition) is 0. The van der Waals surface area contributed by atoms with Crippen molar-refractivity contribution in [1.29, 1.82) is 0 Å². The fourth-order valence-electron chi connectivity index (χ4n) is 0.382. The molecule has 0 radical (unpaired) electrons. The molecule has 0 N–H and O–H groups in total. The second-order valence-corrected chi connectivity index (χ2v) is 1.47. The maximum Gasteiger partial charge on any atom is 1.00 e. The van der Waals surface area contributed by atoms with E-state index in [1.54, 1.807) is 0 Å². The first-order valence-electron chi connectivity index (χ1n) is 1.95. The van der Waals surface area contributed by atoms with E-state index in [2.05, 4.69) is 11.9 Å². The van der Waals surface area contributed by atoms with Crippen molar-refractivity contribution < 1.29 is 18.9 Å². The Morgan fingerprint density at radius 3 is 1.67 bits per heavy atom. The van der Waals surface area contributed by atoms with E-state index >= 15 is 0 Å². The molecule has 1 heterocycles. The average Bonchev–Trinajstić information content (AvgIpc) is 1.30. The topological polar surface area (TPSA) is 3.24 Å². The maximum absolute atomic E-state index is 3.68. The van der Waals surface area contributed by atoms with Gasteiger partial charge >= 0.3 is 18.9 Å².